The molecule has 1 aliphatic rings. The van der Waals surface area contributed by atoms with E-state index in [4.69, 9.17) is 5.73 Å². The topological polar surface area (TPSA) is 71.2 Å². The zero-order valence-electron chi connectivity index (χ0n) is 10.8. The van der Waals surface area contributed by atoms with Crippen LogP contribution in [0.2, 0.25) is 0 Å². The Morgan fingerprint density at radius 2 is 2.42 bits per heavy atom. The zero-order chi connectivity index (χ0) is 13.7. The molecule has 0 radical (unpaired) electrons. The van der Waals surface area contributed by atoms with Crippen molar-refractivity contribution in [3.63, 3.8) is 0 Å². The lowest BCUT2D eigenvalue weighted by Gasteiger charge is -2.32. The molecule has 1 aromatic rings. The Hall–Kier alpha value is -1.14. The molecule has 1 aromatic heterocycles. The van der Waals surface area contributed by atoms with Crippen LogP contribution < -0.4 is 16.0 Å². The van der Waals surface area contributed by atoms with Gasteiger partial charge < -0.3 is 16.0 Å². The molecule has 19 heavy (non-hydrogen) atoms. The smallest absolute Gasteiger partial charge is 0.224 e. The normalized spacial score (nSPS) is 19.3. The average molecular weight is 327 g/mol. The van der Waals surface area contributed by atoms with Crippen LogP contribution in [0, 0.1) is 5.92 Å². The second-order valence-electron chi connectivity index (χ2n) is 4.70. The van der Waals surface area contributed by atoms with Gasteiger partial charge in [0.2, 0.25) is 5.91 Å². The Bertz CT molecular complexity index is 423. The van der Waals surface area contributed by atoms with Crippen molar-refractivity contribution in [2.75, 3.05) is 31.1 Å². The molecule has 1 amide bonds. The number of carbonyl (C=O) groups is 1. The molecule has 6 heteroatoms. The third-order valence-electron chi connectivity index (χ3n) is 3.27. The van der Waals surface area contributed by atoms with Gasteiger partial charge in [-0.2, -0.15) is 0 Å². The predicted octanol–water partition coefficient (Wildman–Crippen LogP) is 1.14. The van der Waals surface area contributed by atoms with E-state index in [1.807, 2.05) is 12.1 Å². The van der Waals surface area contributed by atoms with Gasteiger partial charge in [0, 0.05) is 36.8 Å². The quantitative estimate of drug-likeness (QED) is 0.870. The van der Waals surface area contributed by atoms with Gasteiger partial charge in [0.15, 0.2) is 0 Å². The highest BCUT2D eigenvalue weighted by molar-refractivity contribution is 9.10. The monoisotopic (exact) mass is 326 g/mol. The molecule has 2 heterocycles. The van der Waals surface area contributed by atoms with Crippen molar-refractivity contribution in [3.05, 3.63) is 22.8 Å². The highest BCUT2D eigenvalue weighted by Gasteiger charge is 2.26. The van der Waals surface area contributed by atoms with Crippen LogP contribution in [0.25, 0.3) is 0 Å². The van der Waals surface area contributed by atoms with E-state index in [9.17, 15) is 4.79 Å². The Morgan fingerprint density at radius 3 is 3.11 bits per heavy atom. The summed E-state index contributed by atoms with van der Waals surface area (Å²) in [5, 5.41) is 2.86. The van der Waals surface area contributed by atoms with Crippen LogP contribution in [-0.2, 0) is 4.79 Å². The number of nitrogens with one attached hydrogen (secondary N) is 1. The summed E-state index contributed by atoms with van der Waals surface area (Å²) in [6, 6.07) is 3.95. The molecule has 0 bridgehead atoms. The summed E-state index contributed by atoms with van der Waals surface area (Å²) in [5.74, 6) is 1.07. The first kappa shape index (κ1) is 14.3. The number of anilines is 1. The molecule has 1 atom stereocenters. The number of hydrogen-bond acceptors (Lipinski definition) is 4. The summed E-state index contributed by atoms with van der Waals surface area (Å²) in [7, 11) is 0. The minimum atomic E-state index is 0.0331. The third-order valence-corrected chi connectivity index (χ3v) is 3.74. The molecule has 2 rings (SSSR count). The first-order chi connectivity index (χ1) is 9.20. The van der Waals surface area contributed by atoms with E-state index in [1.165, 1.54) is 0 Å². The largest absolute Gasteiger partial charge is 0.356 e. The number of nitrogens with zero attached hydrogens (tertiary/aromatic N) is 2. The van der Waals surface area contributed by atoms with E-state index < -0.39 is 0 Å². The summed E-state index contributed by atoms with van der Waals surface area (Å²) < 4.78 is 0.963. The standard InChI is InChI=1S/C13H19BrN4O/c14-11-3-4-12(17-8-11)18-7-1-2-10(9-18)13(19)16-6-5-15/h3-4,8,10H,1-2,5-7,9,15H2,(H,16,19). The molecular weight excluding hydrogens is 308 g/mol. The number of piperidine rings is 1. The molecule has 0 aromatic carbocycles. The Morgan fingerprint density at radius 1 is 1.58 bits per heavy atom. The molecule has 1 fully saturated rings. The minimum absolute atomic E-state index is 0.0331. The van der Waals surface area contributed by atoms with Gasteiger partial charge in [-0.1, -0.05) is 0 Å². The average Bonchev–Trinajstić information content (AvgIpc) is 2.45. The van der Waals surface area contributed by atoms with Gasteiger partial charge in [-0.3, -0.25) is 4.79 Å². The van der Waals surface area contributed by atoms with Gasteiger partial charge >= 0.3 is 0 Å². The van der Waals surface area contributed by atoms with Crippen LogP contribution in [0.1, 0.15) is 12.8 Å². The number of nitrogens with two attached hydrogens (primary N) is 1. The number of aromatic nitrogens is 1. The molecule has 3 N–H and O–H groups in total. The molecular formula is C13H19BrN4O. The second kappa shape index (κ2) is 6.86. The molecule has 0 aliphatic carbocycles. The molecule has 0 saturated carbocycles. The van der Waals surface area contributed by atoms with Crippen LogP contribution in [-0.4, -0.2) is 37.1 Å². The molecule has 0 spiro atoms. The van der Waals surface area contributed by atoms with Crippen molar-refractivity contribution in [2.45, 2.75) is 12.8 Å². The first-order valence-corrected chi connectivity index (χ1v) is 7.34. The van der Waals surface area contributed by atoms with E-state index >= 15 is 0 Å². The minimum Gasteiger partial charge on any atom is -0.356 e. The number of hydrogen-bond donors (Lipinski definition) is 2. The van der Waals surface area contributed by atoms with E-state index in [-0.39, 0.29) is 11.8 Å². The van der Waals surface area contributed by atoms with Crippen molar-refractivity contribution in [3.8, 4) is 0 Å². The van der Waals surface area contributed by atoms with Crippen LogP contribution in [0.3, 0.4) is 0 Å². The lowest BCUT2D eigenvalue weighted by Crippen LogP contribution is -2.44. The fourth-order valence-corrected chi connectivity index (χ4v) is 2.53. The van der Waals surface area contributed by atoms with Crippen LogP contribution in [0.4, 0.5) is 5.82 Å². The molecule has 104 valence electrons. The fraction of sp³-hybridized carbons (Fsp3) is 0.538. The van der Waals surface area contributed by atoms with E-state index in [1.54, 1.807) is 6.20 Å². The number of pyridine rings is 1. The number of rotatable bonds is 4. The highest BCUT2D eigenvalue weighted by atomic mass is 79.9. The maximum atomic E-state index is 12.0. The molecule has 1 saturated heterocycles. The maximum absolute atomic E-state index is 12.0. The maximum Gasteiger partial charge on any atom is 0.224 e. The highest BCUT2D eigenvalue weighted by Crippen LogP contribution is 2.22. The van der Waals surface area contributed by atoms with Crippen LogP contribution >= 0.6 is 15.9 Å². The predicted molar refractivity (Wildman–Crippen MR) is 78.9 cm³/mol. The van der Waals surface area contributed by atoms with Gasteiger partial charge in [-0.15, -0.1) is 0 Å². The molecule has 1 aliphatic heterocycles. The lowest BCUT2D eigenvalue weighted by molar-refractivity contribution is -0.125. The zero-order valence-corrected chi connectivity index (χ0v) is 12.4. The lowest BCUT2D eigenvalue weighted by atomic mass is 9.97. The van der Waals surface area contributed by atoms with Gasteiger partial charge in [-0.25, -0.2) is 4.98 Å². The number of amides is 1. The number of carbonyl (C=O) groups excluding carboxylic acids is 1. The van der Waals surface area contributed by atoms with Gasteiger partial charge in [0.1, 0.15) is 5.82 Å². The van der Waals surface area contributed by atoms with Crippen LogP contribution in [0.15, 0.2) is 22.8 Å². The molecule has 5 nitrogen and oxygen atoms in total. The van der Waals surface area contributed by atoms with Gasteiger partial charge in [0.25, 0.3) is 0 Å². The first-order valence-electron chi connectivity index (χ1n) is 6.55. The number of halogens is 1. The van der Waals surface area contributed by atoms with Gasteiger partial charge in [-0.05, 0) is 40.9 Å². The summed E-state index contributed by atoms with van der Waals surface area (Å²) in [4.78, 5) is 18.5. The van der Waals surface area contributed by atoms with E-state index in [0.29, 0.717) is 13.1 Å². The second-order valence-corrected chi connectivity index (χ2v) is 5.62. The molecule has 1 unspecified atom stereocenters. The van der Waals surface area contributed by atoms with Crippen LogP contribution in [0.5, 0.6) is 0 Å². The Labute approximate surface area is 121 Å². The van der Waals surface area contributed by atoms with E-state index in [2.05, 4.69) is 31.1 Å². The van der Waals surface area contributed by atoms with Crippen molar-refractivity contribution in [1.82, 2.24) is 10.3 Å². The third kappa shape index (κ3) is 3.91. The van der Waals surface area contributed by atoms with Crippen molar-refractivity contribution in [1.29, 1.82) is 0 Å². The summed E-state index contributed by atoms with van der Waals surface area (Å²) in [5.41, 5.74) is 5.40. The summed E-state index contributed by atoms with van der Waals surface area (Å²) in [6.07, 6.45) is 3.73. The van der Waals surface area contributed by atoms with Crippen molar-refractivity contribution < 1.29 is 4.79 Å². The Balaban J connectivity index is 1.96. The fourth-order valence-electron chi connectivity index (χ4n) is 2.29. The van der Waals surface area contributed by atoms with E-state index in [0.717, 1.165) is 36.2 Å². The van der Waals surface area contributed by atoms with Crippen molar-refractivity contribution in [2.24, 2.45) is 11.7 Å². The van der Waals surface area contributed by atoms with Gasteiger partial charge in [0.05, 0.1) is 5.92 Å². The summed E-state index contributed by atoms with van der Waals surface area (Å²) in [6.45, 7) is 2.71. The summed E-state index contributed by atoms with van der Waals surface area (Å²) >= 11 is 3.38. The van der Waals surface area contributed by atoms with Crippen molar-refractivity contribution >= 4 is 27.7 Å². The SMILES string of the molecule is NCCNC(=O)C1CCCN(c2ccc(Br)cn2)C1. The Kier molecular flexibility index (Phi) is 5.15.